The molecule has 168 valence electrons. The summed E-state index contributed by atoms with van der Waals surface area (Å²) in [6, 6.07) is 14.4. The minimum absolute atomic E-state index is 0.0118. The maximum atomic E-state index is 13.9. The molecule has 4 aromatic rings. The van der Waals surface area contributed by atoms with Crippen LogP contribution in [0.15, 0.2) is 54.7 Å². The topological polar surface area (TPSA) is 65.1 Å². The van der Waals surface area contributed by atoms with Crippen LogP contribution in [0.1, 0.15) is 34.1 Å². The molecule has 1 amide bonds. The zero-order valence-corrected chi connectivity index (χ0v) is 19.0. The highest BCUT2D eigenvalue weighted by molar-refractivity contribution is 5.99. The molecule has 5 rings (SSSR count). The lowest BCUT2D eigenvalue weighted by atomic mass is 9.96. The van der Waals surface area contributed by atoms with Gasteiger partial charge in [-0.3, -0.25) is 4.79 Å². The molecule has 0 spiro atoms. The van der Waals surface area contributed by atoms with Crippen molar-refractivity contribution in [3.63, 3.8) is 0 Å². The van der Waals surface area contributed by atoms with Gasteiger partial charge in [0.25, 0.3) is 5.91 Å². The number of likely N-dealkylation sites (tertiary alicyclic amines) is 1. The SMILES string of the molecule is Cc1cccc2[nH]c(C(=O)N3CC[C@@H](c4nc(N(C)C)ncc4-c4cccc(F)c4)C3)cc12. The van der Waals surface area contributed by atoms with E-state index in [1.807, 2.05) is 61.2 Å². The van der Waals surface area contributed by atoms with Crippen LogP contribution >= 0.6 is 0 Å². The first kappa shape index (κ1) is 21.1. The van der Waals surface area contributed by atoms with Crippen molar-refractivity contribution < 1.29 is 9.18 Å². The van der Waals surface area contributed by atoms with Gasteiger partial charge in [0.15, 0.2) is 0 Å². The van der Waals surface area contributed by atoms with E-state index < -0.39 is 0 Å². The third-order valence-electron chi connectivity index (χ3n) is 6.32. The van der Waals surface area contributed by atoms with Crippen LogP contribution < -0.4 is 4.90 Å². The normalized spacial score (nSPS) is 15.9. The lowest BCUT2D eigenvalue weighted by Gasteiger charge is -2.19. The van der Waals surface area contributed by atoms with Crippen molar-refractivity contribution in [3.8, 4) is 11.1 Å². The number of carbonyl (C=O) groups excluding carboxylic acids is 1. The molecular weight excluding hydrogens is 417 g/mol. The van der Waals surface area contributed by atoms with Gasteiger partial charge in [-0.2, -0.15) is 0 Å². The Morgan fingerprint density at radius 1 is 1.18 bits per heavy atom. The lowest BCUT2D eigenvalue weighted by molar-refractivity contribution is 0.0786. The molecule has 0 saturated carbocycles. The number of rotatable bonds is 4. The molecule has 7 heteroatoms. The average molecular weight is 444 g/mol. The van der Waals surface area contributed by atoms with Crippen molar-refractivity contribution in [3.05, 3.63) is 77.5 Å². The third-order valence-corrected chi connectivity index (χ3v) is 6.32. The molecular formula is C26H26FN5O. The van der Waals surface area contributed by atoms with Crippen LogP contribution in [0.3, 0.4) is 0 Å². The van der Waals surface area contributed by atoms with E-state index in [0.717, 1.165) is 39.7 Å². The van der Waals surface area contributed by atoms with Crippen LogP contribution in [-0.2, 0) is 0 Å². The number of amides is 1. The summed E-state index contributed by atoms with van der Waals surface area (Å²) in [5.41, 5.74) is 5.10. The van der Waals surface area contributed by atoms with Gasteiger partial charge >= 0.3 is 0 Å². The fourth-order valence-electron chi connectivity index (χ4n) is 4.55. The van der Waals surface area contributed by atoms with Crippen LogP contribution in [0, 0.1) is 12.7 Å². The Hall–Kier alpha value is -3.74. The number of H-pyrrole nitrogens is 1. The van der Waals surface area contributed by atoms with Crippen LogP contribution in [-0.4, -0.2) is 52.9 Å². The van der Waals surface area contributed by atoms with Crippen molar-refractivity contribution in [1.29, 1.82) is 0 Å². The predicted octanol–water partition coefficient (Wildman–Crippen LogP) is 4.77. The summed E-state index contributed by atoms with van der Waals surface area (Å²) in [6.45, 7) is 3.24. The molecule has 6 nitrogen and oxygen atoms in total. The Bertz CT molecular complexity index is 1350. The molecule has 1 atom stereocenters. The van der Waals surface area contributed by atoms with Gasteiger partial charge in [0, 0.05) is 55.8 Å². The molecule has 2 aromatic carbocycles. The second kappa shape index (κ2) is 8.31. The minimum atomic E-state index is -0.299. The number of carbonyl (C=O) groups is 1. The molecule has 1 saturated heterocycles. The van der Waals surface area contributed by atoms with Gasteiger partial charge in [-0.25, -0.2) is 14.4 Å². The van der Waals surface area contributed by atoms with Gasteiger partial charge < -0.3 is 14.8 Å². The molecule has 1 aliphatic heterocycles. The number of fused-ring (bicyclic) bond motifs is 1. The van der Waals surface area contributed by atoms with Crippen LogP contribution in [0.5, 0.6) is 0 Å². The van der Waals surface area contributed by atoms with Crippen molar-refractivity contribution in [2.45, 2.75) is 19.3 Å². The summed E-state index contributed by atoms with van der Waals surface area (Å²) in [4.78, 5) is 29.6. The van der Waals surface area contributed by atoms with Gasteiger partial charge in [0.1, 0.15) is 11.5 Å². The van der Waals surface area contributed by atoms with Crippen molar-refractivity contribution >= 4 is 22.8 Å². The molecule has 3 heterocycles. The highest BCUT2D eigenvalue weighted by Crippen LogP contribution is 2.35. The number of anilines is 1. The van der Waals surface area contributed by atoms with Gasteiger partial charge in [0.2, 0.25) is 5.95 Å². The molecule has 33 heavy (non-hydrogen) atoms. The van der Waals surface area contributed by atoms with Crippen LogP contribution in [0.2, 0.25) is 0 Å². The first-order valence-corrected chi connectivity index (χ1v) is 11.1. The van der Waals surface area contributed by atoms with E-state index in [4.69, 9.17) is 4.98 Å². The number of nitrogens with zero attached hydrogens (tertiary/aromatic N) is 4. The van der Waals surface area contributed by atoms with E-state index in [2.05, 4.69) is 9.97 Å². The lowest BCUT2D eigenvalue weighted by Crippen LogP contribution is -2.29. The molecule has 0 unspecified atom stereocenters. The number of hydrogen-bond donors (Lipinski definition) is 1. The minimum Gasteiger partial charge on any atom is -0.351 e. The van der Waals surface area contributed by atoms with E-state index >= 15 is 0 Å². The quantitative estimate of drug-likeness (QED) is 0.494. The summed E-state index contributed by atoms with van der Waals surface area (Å²) in [6.07, 6.45) is 2.55. The smallest absolute Gasteiger partial charge is 0.270 e. The summed E-state index contributed by atoms with van der Waals surface area (Å²) >= 11 is 0. The van der Waals surface area contributed by atoms with Crippen LogP contribution in [0.25, 0.3) is 22.0 Å². The van der Waals surface area contributed by atoms with Gasteiger partial charge in [-0.05, 0) is 48.7 Å². The number of nitrogens with one attached hydrogen (secondary N) is 1. The molecule has 1 N–H and O–H groups in total. The fourth-order valence-corrected chi connectivity index (χ4v) is 4.55. The Morgan fingerprint density at radius 3 is 2.76 bits per heavy atom. The van der Waals surface area contributed by atoms with Gasteiger partial charge in [-0.15, -0.1) is 0 Å². The summed E-state index contributed by atoms with van der Waals surface area (Å²) in [7, 11) is 3.78. The van der Waals surface area contributed by atoms with Crippen molar-refractivity contribution in [2.24, 2.45) is 0 Å². The molecule has 1 aliphatic rings. The number of aryl methyl sites for hydroxylation is 1. The van der Waals surface area contributed by atoms with E-state index in [-0.39, 0.29) is 17.6 Å². The average Bonchev–Trinajstić information content (AvgIpc) is 3.47. The number of aromatic amines is 1. The Balaban J connectivity index is 1.46. The third kappa shape index (κ3) is 3.95. The van der Waals surface area contributed by atoms with E-state index in [0.29, 0.717) is 24.7 Å². The number of aromatic nitrogens is 3. The fraction of sp³-hybridized carbons (Fsp3) is 0.269. The Morgan fingerprint density at radius 2 is 2.00 bits per heavy atom. The number of benzene rings is 2. The summed E-state index contributed by atoms with van der Waals surface area (Å²) < 4.78 is 13.9. The highest BCUT2D eigenvalue weighted by Gasteiger charge is 2.32. The van der Waals surface area contributed by atoms with Gasteiger partial charge in [0.05, 0.1) is 5.69 Å². The summed E-state index contributed by atoms with van der Waals surface area (Å²) in [5, 5.41) is 1.07. The second-order valence-electron chi connectivity index (χ2n) is 8.83. The number of hydrogen-bond acceptors (Lipinski definition) is 4. The largest absolute Gasteiger partial charge is 0.351 e. The molecule has 0 aliphatic carbocycles. The van der Waals surface area contributed by atoms with Crippen LogP contribution in [0.4, 0.5) is 10.3 Å². The van der Waals surface area contributed by atoms with Gasteiger partial charge in [-0.1, -0.05) is 24.3 Å². The molecule has 0 radical (unpaired) electrons. The van der Waals surface area contributed by atoms with E-state index in [1.54, 1.807) is 12.3 Å². The van der Waals surface area contributed by atoms with Crippen molar-refractivity contribution in [2.75, 3.05) is 32.1 Å². The molecule has 0 bridgehead atoms. The highest BCUT2D eigenvalue weighted by atomic mass is 19.1. The zero-order valence-electron chi connectivity index (χ0n) is 19.0. The second-order valence-corrected chi connectivity index (χ2v) is 8.83. The Labute approximate surface area is 192 Å². The molecule has 2 aromatic heterocycles. The molecule has 1 fully saturated rings. The predicted molar refractivity (Wildman–Crippen MR) is 128 cm³/mol. The Kier molecular flexibility index (Phi) is 5.32. The van der Waals surface area contributed by atoms with E-state index in [9.17, 15) is 9.18 Å². The maximum Gasteiger partial charge on any atom is 0.270 e. The zero-order chi connectivity index (χ0) is 23.1. The standard InChI is InChI=1S/C26H26FN5O/c1-16-6-4-9-22-20(16)13-23(29-22)25(33)32-11-10-18(15-32)24-21(14-28-26(30-24)31(2)3)17-7-5-8-19(27)12-17/h4-9,12-14,18,29H,10-11,15H2,1-3H3/t18-/m1/s1. The summed E-state index contributed by atoms with van der Waals surface area (Å²) in [5.74, 6) is 0.329. The van der Waals surface area contributed by atoms with Crippen molar-refractivity contribution in [1.82, 2.24) is 19.9 Å². The first-order valence-electron chi connectivity index (χ1n) is 11.1. The first-order chi connectivity index (χ1) is 15.9. The van der Waals surface area contributed by atoms with E-state index in [1.165, 1.54) is 12.1 Å². The monoisotopic (exact) mass is 443 g/mol. The number of halogens is 1. The maximum absolute atomic E-state index is 13.9.